The van der Waals surface area contributed by atoms with E-state index in [0.29, 0.717) is 44.3 Å². The zero-order chi connectivity index (χ0) is 36.7. The summed E-state index contributed by atoms with van der Waals surface area (Å²) in [5, 5.41) is 10.8. The molecule has 0 aromatic heterocycles. The van der Waals surface area contributed by atoms with Gasteiger partial charge in [-0.25, -0.2) is 0 Å². The highest BCUT2D eigenvalue weighted by Gasteiger charge is 2.75. The zero-order valence-corrected chi connectivity index (χ0v) is 30.2. The molecule has 3 amide bonds. The first-order valence-electron chi connectivity index (χ1n) is 18.3. The Kier molecular flexibility index (Phi) is 12.5. The van der Waals surface area contributed by atoms with Crippen molar-refractivity contribution in [2.24, 2.45) is 11.8 Å². The first-order valence-corrected chi connectivity index (χ1v) is 18.3. The third-order valence-corrected chi connectivity index (χ3v) is 11.0. The summed E-state index contributed by atoms with van der Waals surface area (Å²) < 4.78 is 13.1. The quantitative estimate of drug-likeness (QED) is 0.174. The molecule has 10 heteroatoms. The SMILES string of the molecule is C=CCCC(=O)N(C)[C@@H](C)[C@@H](OC(=O)[C@@H]1[C@@H]2CC[C@]3(O2)[C@H](C(=O)N(CC=C)CCCC)N([C@@H](CO)Cc2ccccc2)C(=O)[C@@H]13)c1ccccc1. The molecule has 51 heavy (non-hydrogen) atoms. The molecule has 0 aliphatic carbocycles. The lowest BCUT2D eigenvalue weighted by atomic mass is 9.70. The highest BCUT2D eigenvalue weighted by molar-refractivity contribution is 5.98. The van der Waals surface area contributed by atoms with Crippen LogP contribution in [0.5, 0.6) is 0 Å². The molecule has 2 bridgehead atoms. The van der Waals surface area contributed by atoms with Crippen LogP contribution in [0.2, 0.25) is 0 Å². The Labute approximate surface area is 302 Å². The number of amides is 3. The van der Waals surface area contributed by atoms with Crippen LogP contribution in [0.4, 0.5) is 0 Å². The average molecular weight is 700 g/mol. The van der Waals surface area contributed by atoms with E-state index in [1.165, 1.54) is 4.90 Å². The fraction of sp³-hybridized carbons (Fsp3) is 0.512. The van der Waals surface area contributed by atoms with Gasteiger partial charge in [-0.15, -0.1) is 13.2 Å². The van der Waals surface area contributed by atoms with E-state index in [2.05, 4.69) is 20.1 Å². The number of esters is 1. The predicted molar refractivity (Wildman–Crippen MR) is 194 cm³/mol. The van der Waals surface area contributed by atoms with Crippen molar-refractivity contribution in [3.63, 3.8) is 0 Å². The van der Waals surface area contributed by atoms with Gasteiger partial charge in [0.2, 0.25) is 17.7 Å². The molecule has 3 aliphatic heterocycles. The Balaban J connectivity index is 1.51. The number of allylic oxidation sites excluding steroid dienone is 1. The van der Waals surface area contributed by atoms with Crippen molar-refractivity contribution in [2.75, 3.05) is 26.7 Å². The van der Waals surface area contributed by atoms with Crippen LogP contribution in [0.15, 0.2) is 86.0 Å². The average Bonchev–Trinajstić information content (AvgIpc) is 3.80. The van der Waals surface area contributed by atoms with Crippen molar-refractivity contribution in [3.05, 3.63) is 97.1 Å². The fourth-order valence-electron chi connectivity index (χ4n) is 8.26. The molecule has 10 nitrogen and oxygen atoms in total. The minimum atomic E-state index is -1.26. The number of hydrogen-bond donors (Lipinski definition) is 1. The van der Waals surface area contributed by atoms with Gasteiger partial charge in [-0.2, -0.15) is 0 Å². The topological polar surface area (TPSA) is 117 Å². The molecule has 8 atom stereocenters. The number of hydrogen-bond acceptors (Lipinski definition) is 7. The van der Waals surface area contributed by atoms with Gasteiger partial charge in [0, 0.05) is 26.6 Å². The second kappa shape index (κ2) is 16.8. The van der Waals surface area contributed by atoms with Crippen LogP contribution < -0.4 is 0 Å². The molecule has 274 valence electrons. The number of carbonyl (C=O) groups excluding carboxylic acids is 4. The lowest BCUT2D eigenvalue weighted by Crippen LogP contribution is -2.59. The summed E-state index contributed by atoms with van der Waals surface area (Å²) in [6.07, 6.45) is 5.59. The largest absolute Gasteiger partial charge is 0.455 e. The van der Waals surface area contributed by atoms with Crippen molar-refractivity contribution in [2.45, 2.75) is 94.7 Å². The van der Waals surface area contributed by atoms with Crippen LogP contribution in [0, 0.1) is 11.8 Å². The monoisotopic (exact) mass is 699 g/mol. The van der Waals surface area contributed by atoms with E-state index in [-0.39, 0.29) is 30.7 Å². The zero-order valence-electron chi connectivity index (χ0n) is 30.2. The van der Waals surface area contributed by atoms with Gasteiger partial charge in [0.1, 0.15) is 17.7 Å². The molecular weight excluding hydrogens is 646 g/mol. The molecule has 2 aromatic carbocycles. The van der Waals surface area contributed by atoms with Crippen molar-refractivity contribution >= 4 is 23.7 Å². The fourth-order valence-corrected chi connectivity index (χ4v) is 8.26. The van der Waals surface area contributed by atoms with E-state index in [9.17, 15) is 24.3 Å². The van der Waals surface area contributed by atoms with Gasteiger partial charge in [-0.3, -0.25) is 19.2 Å². The van der Waals surface area contributed by atoms with Crippen LogP contribution in [0.25, 0.3) is 0 Å². The molecule has 0 unspecified atom stereocenters. The third-order valence-electron chi connectivity index (χ3n) is 11.0. The van der Waals surface area contributed by atoms with Crippen LogP contribution in [0.3, 0.4) is 0 Å². The van der Waals surface area contributed by atoms with Crippen molar-refractivity contribution < 1.29 is 33.8 Å². The molecule has 3 heterocycles. The molecule has 2 aromatic rings. The molecule has 3 aliphatic rings. The number of fused-ring (bicyclic) bond motifs is 1. The van der Waals surface area contributed by atoms with Crippen LogP contribution in [0.1, 0.15) is 69.6 Å². The summed E-state index contributed by atoms with van der Waals surface area (Å²) in [5.74, 6) is -3.30. The summed E-state index contributed by atoms with van der Waals surface area (Å²) in [5.41, 5.74) is 0.364. The van der Waals surface area contributed by atoms with Crippen LogP contribution >= 0.6 is 0 Å². The number of nitrogens with zero attached hydrogens (tertiary/aromatic N) is 3. The maximum Gasteiger partial charge on any atom is 0.313 e. The Morgan fingerprint density at radius 2 is 1.78 bits per heavy atom. The van der Waals surface area contributed by atoms with Gasteiger partial charge in [0.15, 0.2) is 0 Å². The van der Waals surface area contributed by atoms with Crippen molar-refractivity contribution in [1.29, 1.82) is 0 Å². The summed E-state index contributed by atoms with van der Waals surface area (Å²) in [6.45, 7) is 11.9. The number of carbonyl (C=O) groups is 4. The highest BCUT2D eigenvalue weighted by atomic mass is 16.6. The summed E-state index contributed by atoms with van der Waals surface area (Å²) in [7, 11) is 1.69. The minimum Gasteiger partial charge on any atom is -0.455 e. The molecule has 3 fully saturated rings. The second-order valence-electron chi connectivity index (χ2n) is 14.1. The molecule has 1 spiro atoms. The second-order valence-corrected chi connectivity index (χ2v) is 14.1. The molecular formula is C41H53N3O7. The number of likely N-dealkylation sites (N-methyl/N-ethyl adjacent to an activating group) is 1. The highest BCUT2D eigenvalue weighted by Crippen LogP contribution is 2.59. The van der Waals surface area contributed by atoms with Gasteiger partial charge in [-0.05, 0) is 50.2 Å². The van der Waals surface area contributed by atoms with Crippen LogP contribution in [-0.4, -0.2) is 100 Å². The lowest BCUT2D eigenvalue weighted by Gasteiger charge is -2.39. The maximum atomic E-state index is 14.8. The number of unbranched alkanes of at least 4 members (excludes halogenated alkanes) is 1. The van der Waals surface area contributed by atoms with Crippen molar-refractivity contribution in [1.82, 2.24) is 14.7 Å². The molecule has 5 rings (SSSR count). The van der Waals surface area contributed by atoms with Crippen LogP contribution in [-0.2, 0) is 35.1 Å². The standard InChI is InChI=1S/C41H53N3O7/c1-6-9-21-33(46)42(5)28(4)36(30-19-15-12-16-20-30)50-40(49)34-32-22-23-41(51-32)35(34)38(47)44(31(27-45)26-29-17-13-11-14-18-29)37(41)39(48)43(24-8-3)25-10-7-2/h6,8,11-20,28,31-32,34-37,45H,1,3,7,9-10,21-27H2,2,4-5H3/t28-,31+,32-,34+,35+,36+,37-,41+/m0/s1. The van der Waals surface area contributed by atoms with Gasteiger partial charge >= 0.3 is 5.97 Å². The molecule has 1 N–H and O–H groups in total. The summed E-state index contributed by atoms with van der Waals surface area (Å²) in [6, 6.07) is 16.5. The predicted octanol–water partition coefficient (Wildman–Crippen LogP) is 4.88. The maximum absolute atomic E-state index is 14.8. The van der Waals surface area contributed by atoms with E-state index in [0.717, 1.165) is 18.4 Å². The molecule has 0 radical (unpaired) electrons. The number of rotatable bonds is 18. The van der Waals surface area contributed by atoms with Gasteiger partial charge < -0.3 is 29.3 Å². The number of aliphatic hydroxyl groups is 1. The smallest absolute Gasteiger partial charge is 0.313 e. The number of benzene rings is 2. The summed E-state index contributed by atoms with van der Waals surface area (Å²) >= 11 is 0. The Bertz CT molecular complexity index is 1550. The summed E-state index contributed by atoms with van der Waals surface area (Å²) in [4.78, 5) is 61.9. The van der Waals surface area contributed by atoms with E-state index >= 15 is 0 Å². The normalized spacial score (nSPS) is 25.1. The van der Waals surface area contributed by atoms with E-state index in [1.807, 2.05) is 67.6 Å². The number of aliphatic hydroxyl groups excluding tert-OH is 1. The Morgan fingerprint density at radius 1 is 1.10 bits per heavy atom. The number of ether oxygens (including phenoxy) is 2. The van der Waals surface area contributed by atoms with Gasteiger partial charge in [-0.1, -0.05) is 86.2 Å². The van der Waals surface area contributed by atoms with E-state index in [1.54, 1.807) is 29.0 Å². The first-order chi connectivity index (χ1) is 24.6. The van der Waals surface area contributed by atoms with E-state index in [4.69, 9.17) is 9.47 Å². The van der Waals surface area contributed by atoms with E-state index < -0.39 is 53.7 Å². The lowest BCUT2D eigenvalue weighted by molar-refractivity contribution is -0.165. The molecule has 3 saturated heterocycles. The van der Waals surface area contributed by atoms with Crippen molar-refractivity contribution in [3.8, 4) is 0 Å². The van der Waals surface area contributed by atoms with Gasteiger partial charge in [0.25, 0.3) is 0 Å². The van der Waals surface area contributed by atoms with Gasteiger partial charge in [0.05, 0.1) is 36.6 Å². The number of likely N-dealkylation sites (tertiary alicyclic amines) is 1. The minimum absolute atomic E-state index is 0.106. The first kappa shape index (κ1) is 38.0. The Hall–Kier alpha value is -4.28. The third kappa shape index (κ3) is 7.53. The Morgan fingerprint density at radius 3 is 2.41 bits per heavy atom. The molecule has 0 saturated carbocycles.